The normalized spacial score (nSPS) is 25.4. The molecule has 3 heterocycles. The Morgan fingerprint density at radius 1 is 1.07 bits per heavy atom. The number of carbonyl (C=O) groups is 2. The van der Waals surface area contributed by atoms with Crippen LogP contribution < -0.4 is 4.90 Å². The van der Waals surface area contributed by atoms with E-state index < -0.39 is 0 Å². The van der Waals surface area contributed by atoms with E-state index in [1.807, 2.05) is 34.9 Å². The average Bonchev–Trinajstić information content (AvgIpc) is 3.16. The van der Waals surface area contributed by atoms with Crippen LogP contribution in [0.4, 0.5) is 5.69 Å². The van der Waals surface area contributed by atoms with Crippen LogP contribution in [0.5, 0.6) is 0 Å². The second-order valence-corrected chi connectivity index (χ2v) is 9.20. The topological polar surface area (TPSA) is 53.1 Å². The zero-order valence-electron chi connectivity index (χ0n) is 18.6. The third-order valence-corrected chi connectivity index (χ3v) is 6.74. The second-order valence-electron chi connectivity index (χ2n) is 9.20. The Morgan fingerprint density at radius 3 is 2.43 bits per heavy atom. The summed E-state index contributed by atoms with van der Waals surface area (Å²) in [5.41, 5.74) is 2.85. The first kappa shape index (κ1) is 21.3. The SMILES string of the molecule is CCC(=O)N1CCc2cc(C(=O)N3CCC(CN4CC(C)OC(C)C4)CC3)ccc21. The largest absolute Gasteiger partial charge is 0.373 e. The molecule has 1 aromatic carbocycles. The van der Waals surface area contributed by atoms with Crippen molar-refractivity contribution < 1.29 is 14.3 Å². The van der Waals surface area contributed by atoms with Crippen molar-refractivity contribution >= 4 is 17.5 Å². The fraction of sp³-hybridized carbons (Fsp3) is 0.667. The van der Waals surface area contributed by atoms with E-state index in [0.29, 0.717) is 24.5 Å². The predicted octanol–water partition coefficient (Wildman–Crippen LogP) is 2.95. The fourth-order valence-corrected chi connectivity index (χ4v) is 5.28. The Morgan fingerprint density at radius 2 is 1.77 bits per heavy atom. The molecule has 6 nitrogen and oxygen atoms in total. The minimum Gasteiger partial charge on any atom is -0.373 e. The number of anilines is 1. The molecule has 3 aliphatic heterocycles. The van der Waals surface area contributed by atoms with Crippen LogP contribution >= 0.6 is 0 Å². The smallest absolute Gasteiger partial charge is 0.253 e. The summed E-state index contributed by atoms with van der Waals surface area (Å²) in [4.78, 5) is 31.6. The molecule has 30 heavy (non-hydrogen) atoms. The van der Waals surface area contributed by atoms with Gasteiger partial charge in [0.25, 0.3) is 5.91 Å². The minimum absolute atomic E-state index is 0.130. The molecule has 0 aliphatic carbocycles. The van der Waals surface area contributed by atoms with Crippen molar-refractivity contribution in [3.05, 3.63) is 29.3 Å². The van der Waals surface area contributed by atoms with Crippen LogP contribution in [-0.4, -0.2) is 73.1 Å². The standard InChI is InChI=1S/C24H35N3O3/c1-4-23(28)27-12-9-20-13-21(5-6-22(20)27)24(29)26-10-7-19(8-11-26)16-25-14-17(2)30-18(3)15-25/h5-6,13,17-19H,4,7-12,14-16H2,1-3H3. The van der Waals surface area contributed by atoms with E-state index in [1.54, 1.807) is 0 Å². The first-order valence-corrected chi connectivity index (χ1v) is 11.5. The second kappa shape index (κ2) is 9.06. The zero-order chi connectivity index (χ0) is 21.3. The van der Waals surface area contributed by atoms with Crippen LogP contribution in [-0.2, 0) is 16.0 Å². The molecule has 3 aliphatic rings. The van der Waals surface area contributed by atoms with Gasteiger partial charge in [-0.15, -0.1) is 0 Å². The van der Waals surface area contributed by atoms with E-state index in [9.17, 15) is 9.59 Å². The van der Waals surface area contributed by atoms with Crippen LogP contribution in [0.1, 0.15) is 56.0 Å². The maximum atomic E-state index is 13.1. The summed E-state index contributed by atoms with van der Waals surface area (Å²) >= 11 is 0. The summed E-state index contributed by atoms with van der Waals surface area (Å²) < 4.78 is 5.84. The van der Waals surface area contributed by atoms with Gasteiger partial charge in [-0.3, -0.25) is 14.5 Å². The Bertz CT molecular complexity index is 778. The Labute approximate surface area is 180 Å². The number of amides is 2. The highest BCUT2D eigenvalue weighted by Gasteiger charge is 2.29. The quantitative estimate of drug-likeness (QED) is 0.762. The third kappa shape index (κ3) is 4.54. The molecule has 2 saturated heterocycles. The molecule has 2 fully saturated rings. The summed E-state index contributed by atoms with van der Waals surface area (Å²) in [5, 5.41) is 0. The van der Waals surface area contributed by atoms with Crippen molar-refractivity contribution in [3.8, 4) is 0 Å². The molecule has 0 N–H and O–H groups in total. The molecule has 2 amide bonds. The van der Waals surface area contributed by atoms with Crippen molar-refractivity contribution in [1.29, 1.82) is 0 Å². The van der Waals surface area contributed by atoms with Gasteiger partial charge in [0.1, 0.15) is 0 Å². The Kier molecular flexibility index (Phi) is 6.44. The number of morpholine rings is 1. The van der Waals surface area contributed by atoms with Crippen LogP contribution in [0, 0.1) is 5.92 Å². The molecule has 4 rings (SSSR count). The molecular formula is C24H35N3O3. The lowest BCUT2D eigenvalue weighted by Crippen LogP contribution is -2.48. The lowest BCUT2D eigenvalue weighted by molar-refractivity contribution is -0.118. The highest BCUT2D eigenvalue weighted by atomic mass is 16.5. The van der Waals surface area contributed by atoms with Gasteiger partial charge in [0.05, 0.1) is 12.2 Å². The summed E-state index contributed by atoms with van der Waals surface area (Å²) in [6, 6.07) is 5.85. The molecule has 0 bridgehead atoms. The molecule has 2 atom stereocenters. The molecule has 2 unspecified atom stereocenters. The van der Waals surface area contributed by atoms with Crippen LogP contribution in [0.3, 0.4) is 0 Å². The summed E-state index contributed by atoms with van der Waals surface area (Å²) in [6.45, 7) is 11.7. The molecule has 0 radical (unpaired) electrons. The van der Waals surface area contributed by atoms with E-state index in [-0.39, 0.29) is 11.8 Å². The number of piperidine rings is 1. The van der Waals surface area contributed by atoms with Crippen molar-refractivity contribution in [1.82, 2.24) is 9.80 Å². The Hall–Kier alpha value is -1.92. The first-order valence-electron chi connectivity index (χ1n) is 11.5. The molecule has 164 valence electrons. The molecular weight excluding hydrogens is 378 g/mol. The molecule has 1 aromatic rings. The number of fused-ring (bicyclic) bond motifs is 1. The summed E-state index contributed by atoms with van der Waals surface area (Å²) in [6.07, 6.45) is 4.08. The molecule has 0 aromatic heterocycles. The van der Waals surface area contributed by atoms with Gasteiger partial charge in [0.15, 0.2) is 0 Å². The molecule has 0 spiro atoms. The lowest BCUT2D eigenvalue weighted by Gasteiger charge is -2.39. The summed E-state index contributed by atoms with van der Waals surface area (Å²) in [5.74, 6) is 0.935. The Balaban J connectivity index is 1.32. The highest BCUT2D eigenvalue weighted by Crippen LogP contribution is 2.30. The number of nitrogens with zero attached hydrogens (tertiary/aromatic N) is 3. The van der Waals surface area contributed by atoms with Crippen molar-refractivity contribution in [2.24, 2.45) is 5.92 Å². The van der Waals surface area contributed by atoms with Crippen LogP contribution in [0.2, 0.25) is 0 Å². The van der Waals surface area contributed by atoms with Gasteiger partial charge in [0.2, 0.25) is 5.91 Å². The first-order chi connectivity index (χ1) is 14.4. The number of hydrogen-bond acceptors (Lipinski definition) is 4. The van der Waals surface area contributed by atoms with Gasteiger partial charge in [-0.1, -0.05) is 6.92 Å². The van der Waals surface area contributed by atoms with Crippen molar-refractivity contribution in [2.75, 3.05) is 44.2 Å². The predicted molar refractivity (Wildman–Crippen MR) is 118 cm³/mol. The number of benzene rings is 1. The fourth-order valence-electron chi connectivity index (χ4n) is 5.28. The average molecular weight is 414 g/mol. The number of ether oxygens (including phenoxy) is 1. The summed E-state index contributed by atoms with van der Waals surface area (Å²) in [7, 11) is 0. The third-order valence-electron chi connectivity index (χ3n) is 6.74. The van der Waals surface area contributed by atoms with Crippen molar-refractivity contribution in [3.63, 3.8) is 0 Å². The maximum absolute atomic E-state index is 13.1. The zero-order valence-corrected chi connectivity index (χ0v) is 18.6. The van der Waals surface area contributed by atoms with Gasteiger partial charge >= 0.3 is 0 Å². The van der Waals surface area contributed by atoms with Gasteiger partial charge in [-0.2, -0.15) is 0 Å². The monoisotopic (exact) mass is 413 g/mol. The maximum Gasteiger partial charge on any atom is 0.253 e. The van der Waals surface area contributed by atoms with Crippen molar-refractivity contribution in [2.45, 2.75) is 58.7 Å². The van der Waals surface area contributed by atoms with E-state index in [4.69, 9.17) is 4.74 Å². The van der Waals surface area contributed by atoms with Gasteiger partial charge < -0.3 is 14.5 Å². The molecule has 0 saturated carbocycles. The lowest BCUT2D eigenvalue weighted by atomic mass is 9.95. The molecule has 6 heteroatoms. The number of likely N-dealkylation sites (tertiary alicyclic amines) is 1. The van der Waals surface area contributed by atoms with Gasteiger partial charge in [-0.05, 0) is 62.8 Å². The van der Waals surface area contributed by atoms with Crippen LogP contribution in [0.15, 0.2) is 18.2 Å². The number of rotatable bonds is 4. The van der Waals surface area contributed by atoms with E-state index in [1.165, 1.54) is 0 Å². The number of hydrogen-bond donors (Lipinski definition) is 0. The van der Waals surface area contributed by atoms with E-state index in [0.717, 1.165) is 75.3 Å². The van der Waals surface area contributed by atoms with E-state index >= 15 is 0 Å². The van der Waals surface area contributed by atoms with E-state index in [2.05, 4.69) is 18.7 Å². The van der Waals surface area contributed by atoms with Crippen LogP contribution in [0.25, 0.3) is 0 Å². The minimum atomic E-state index is 0.130. The highest BCUT2D eigenvalue weighted by molar-refractivity contribution is 5.98. The number of carbonyl (C=O) groups excluding carboxylic acids is 2. The van der Waals surface area contributed by atoms with Gasteiger partial charge in [0, 0.05) is 56.9 Å². The van der Waals surface area contributed by atoms with Gasteiger partial charge in [-0.25, -0.2) is 0 Å².